The van der Waals surface area contributed by atoms with E-state index in [1.807, 2.05) is 30.0 Å². The first kappa shape index (κ1) is 18.2. The van der Waals surface area contributed by atoms with E-state index in [9.17, 15) is 14.4 Å². The Kier molecular flexibility index (Phi) is 5.44. The Morgan fingerprint density at radius 3 is 2.38 bits per heavy atom. The van der Waals surface area contributed by atoms with E-state index in [4.69, 9.17) is 4.74 Å². The van der Waals surface area contributed by atoms with E-state index in [0.29, 0.717) is 44.0 Å². The highest BCUT2D eigenvalue weighted by molar-refractivity contribution is 5.97. The molecular weight excluding hydrogens is 334 g/mol. The van der Waals surface area contributed by atoms with Gasteiger partial charge in [-0.3, -0.25) is 14.4 Å². The first-order valence-corrected chi connectivity index (χ1v) is 9.07. The van der Waals surface area contributed by atoms with Gasteiger partial charge < -0.3 is 19.4 Å². The van der Waals surface area contributed by atoms with Gasteiger partial charge in [0.25, 0.3) is 5.91 Å². The van der Waals surface area contributed by atoms with Crippen LogP contribution in [0.25, 0.3) is 0 Å². The number of hydrogen-bond acceptors (Lipinski definition) is 4. The molecule has 0 aromatic heterocycles. The Hall–Kier alpha value is -2.57. The third-order valence-corrected chi connectivity index (χ3v) is 4.91. The fourth-order valence-electron chi connectivity index (χ4n) is 3.29. The van der Waals surface area contributed by atoms with E-state index < -0.39 is 0 Å². The zero-order chi connectivity index (χ0) is 18.7. The largest absolute Gasteiger partial charge is 0.482 e. The summed E-state index contributed by atoms with van der Waals surface area (Å²) in [7, 11) is 1.71. The van der Waals surface area contributed by atoms with Crippen LogP contribution in [0.3, 0.4) is 0 Å². The van der Waals surface area contributed by atoms with Crippen molar-refractivity contribution in [3.05, 3.63) is 23.8 Å². The van der Waals surface area contributed by atoms with Crippen molar-refractivity contribution in [1.29, 1.82) is 0 Å². The van der Waals surface area contributed by atoms with Gasteiger partial charge in [0.1, 0.15) is 5.75 Å². The number of rotatable bonds is 4. The van der Waals surface area contributed by atoms with Crippen molar-refractivity contribution < 1.29 is 19.1 Å². The molecule has 0 spiro atoms. The van der Waals surface area contributed by atoms with E-state index in [2.05, 4.69) is 0 Å². The molecule has 3 amide bonds. The summed E-state index contributed by atoms with van der Waals surface area (Å²) in [6, 6.07) is 5.51. The highest BCUT2D eigenvalue weighted by atomic mass is 16.5. The Morgan fingerprint density at radius 1 is 1.08 bits per heavy atom. The number of amides is 3. The van der Waals surface area contributed by atoms with Crippen LogP contribution in [0.4, 0.5) is 5.69 Å². The van der Waals surface area contributed by atoms with Gasteiger partial charge in [-0.05, 0) is 24.1 Å². The molecule has 0 saturated carbocycles. The highest BCUT2D eigenvalue weighted by Crippen LogP contribution is 2.32. The van der Waals surface area contributed by atoms with E-state index in [1.54, 1.807) is 16.8 Å². The molecule has 0 aliphatic carbocycles. The summed E-state index contributed by atoms with van der Waals surface area (Å²) in [4.78, 5) is 41.5. The van der Waals surface area contributed by atoms with Crippen LogP contribution in [0.15, 0.2) is 18.2 Å². The van der Waals surface area contributed by atoms with Crippen LogP contribution in [0.2, 0.25) is 0 Å². The van der Waals surface area contributed by atoms with Crippen LogP contribution in [0, 0.1) is 0 Å². The highest BCUT2D eigenvalue weighted by Gasteiger charge is 2.25. The topological polar surface area (TPSA) is 70.2 Å². The molecule has 0 bridgehead atoms. The summed E-state index contributed by atoms with van der Waals surface area (Å²) < 4.78 is 5.41. The molecule has 1 aromatic rings. The van der Waals surface area contributed by atoms with Crippen LogP contribution < -0.4 is 9.64 Å². The van der Waals surface area contributed by atoms with Crippen molar-refractivity contribution in [2.75, 3.05) is 44.7 Å². The number of benzene rings is 1. The second-order valence-electron chi connectivity index (χ2n) is 6.73. The standard InChI is InChI=1S/C19H25N3O4/c1-3-4-17(23)21-7-9-22(10-8-21)18(24)12-14-5-6-16-15(11-14)20(2)19(25)13-26-16/h5-6,11H,3-4,7-10,12-13H2,1-2H3. The molecule has 0 atom stereocenters. The minimum absolute atomic E-state index is 0.0400. The molecule has 2 heterocycles. The van der Waals surface area contributed by atoms with Gasteiger partial charge >= 0.3 is 0 Å². The lowest BCUT2D eigenvalue weighted by Crippen LogP contribution is -2.50. The molecule has 3 rings (SSSR count). The van der Waals surface area contributed by atoms with Crippen LogP contribution >= 0.6 is 0 Å². The minimum atomic E-state index is -0.103. The second-order valence-corrected chi connectivity index (χ2v) is 6.73. The molecule has 2 aliphatic heterocycles. The summed E-state index contributed by atoms with van der Waals surface area (Å²) in [6.45, 7) is 4.37. The molecule has 2 aliphatic rings. The third kappa shape index (κ3) is 3.81. The van der Waals surface area contributed by atoms with E-state index in [-0.39, 0.29) is 30.7 Å². The van der Waals surface area contributed by atoms with Gasteiger partial charge in [-0.2, -0.15) is 0 Å². The summed E-state index contributed by atoms with van der Waals surface area (Å²) >= 11 is 0. The van der Waals surface area contributed by atoms with E-state index >= 15 is 0 Å². The van der Waals surface area contributed by atoms with Gasteiger partial charge in [-0.1, -0.05) is 13.0 Å². The molecule has 0 unspecified atom stereocenters. The number of ether oxygens (including phenoxy) is 1. The SMILES string of the molecule is CCCC(=O)N1CCN(C(=O)Cc2ccc3c(c2)N(C)C(=O)CO3)CC1. The van der Waals surface area contributed by atoms with Crippen molar-refractivity contribution in [3.63, 3.8) is 0 Å². The molecule has 7 nitrogen and oxygen atoms in total. The monoisotopic (exact) mass is 359 g/mol. The zero-order valence-electron chi connectivity index (χ0n) is 15.4. The summed E-state index contributed by atoms with van der Waals surface area (Å²) in [5, 5.41) is 0. The average molecular weight is 359 g/mol. The van der Waals surface area contributed by atoms with E-state index in [1.165, 1.54) is 0 Å². The Labute approximate surface area is 153 Å². The van der Waals surface area contributed by atoms with Gasteiger partial charge in [-0.15, -0.1) is 0 Å². The quantitative estimate of drug-likeness (QED) is 0.806. The molecule has 7 heteroatoms. The lowest BCUT2D eigenvalue weighted by molar-refractivity contribution is -0.139. The lowest BCUT2D eigenvalue weighted by Gasteiger charge is -2.35. The number of nitrogens with zero attached hydrogens (tertiary/aromatic N) is 3. The van der Waals surface area contributed by atoms with Crippen LogP contribution in [-0.4, -0.2) is 67.4 Å². The van der Waals surface area contributed by atoms with Gasteiger partial charge in [0.15, 0.2) is 6.61 Å². The molecule has 26 heavy (non-hydrogen) atoms. The number of carbonyl (C=O) groups is 3. The number of anilines is 1. The second kappa shape index (κ2) is 7.76. The predicted octanol–water partition coefficient (Wildman–Crippen LogP) is 1.06. The number of likely N-dealkylation sites (N-methyl/N-ethyl adjacent to an activating group) is 1. The van der Waals surface area contributed by atoms with Gasteiger partial charge in [-0.25, -0.2) is 0 Å². The first-order chi connectivity index (χ1) is 12.5. The molecule has 1 saturated heterocycles. The molecule has 0 radical (unpaired) electrons. The predicted molar refractivity (Wildman–Crippen MR) is 97.1 cm³/mol. The molecule has 0 N–H and O–H groups in total. The van der Waals surface area contributed by atoms with Crippen LogP contribution in [-0.2, 0) is 20.8 Å². The van der Waals surface area contributed by atoms with Crippen molar-refractivity contribution in [2.24, 2.45) is 0 Å². The molecule has 1 aromatic carbocycles. The maximum absolute atomic E-state index is 12.6. The smallest absolute Gasteiger partial charge is 0.264 e. The first-order valence-electron chi connectivity index (χ1n) is 9.07. The van der Waals surface area contributed by atoms with Crippen molar-refractivity contribution in [1.82, 2.24) is 9.80 Å². The number of piperazine rings is 1. The Balaban J connectivity index is 1.59. The normalized spacial score (nSPS) is 17.0. The fourth-order valence-corrected chi connectivity index (χ4v) is 3.29. The zero-order valence-corrected chi connectivity index (χ0v) is 15.4. The van der Waals surface area contributed by atoms with Crippen molar-refractivity contribution in [2.45, 2.75) is 26.2 Å². The summed E-state index contributed by atoms with van der Waals surface area (Å²) in [6.07, 6.45) is 1.69. The summed E-state index contributed by atoms with van der Waals surface area (Å²) in [5.41, 5.74) is 1.55. The molecule has 140 valence electrons. The van der Waals surface area contributed by atoms with Crippen LogP contribution in [0.5, 0.6) is 5.75 Å². The van der Waals surface area contributed by atoms with Crippen molar-refractivity contribution in [3.8, 4) is 5.75 Å². The molecular formula is C19H25N3O4. The minimum Gasteiger partial charge on any atom is -0.482 e. The van der Waals surface area contributed by atoms with Gasteiger partial charge in [0.2, 0.25) is 11.8 Å². The fraction of sp³-hybridized carbons (Fsp3) is 0.526. The summed E-state index contributed by atoms with van der Waals surface area (Å²) in [5.74, 6) is 0.764. The van der Waals surface area contributed by atoms with E-state index in [0.717, 1.165) is 12.0 Å². The average Bonchev–Trinajstić information content (AvgIpc) is 2.65. The maximum atomic E-state index is 12.6. The third-order valence-electron chi connectivity index (χ3n) is 4.91. The Morgan fingerprint density at radius 2 is 1.73 bits per heavy atom. The Bertz CT molecular complexity index is 711. The van der Waals surface area contributed by atoms with Crippen molar-refractivity contribution >= 4 is 23.4 Å². The number of carbonyl (C=O) groups excluding carboxylic acids is 3. The lowest BCUT2D eigenvalue weighted by atomic mass is 10.1. The molecule has 1 fully saturated rings. The van der Waals surface area contributed by atoms with Gasteiger partial charge in [0, 0.05) is 39.6 Å². The number of hydrogen-bond donors (Lipinski definition) is 0. The number of fused-ring (bicyclic) bond motifs is 1. The van der Waals surface area contributed by atoms with Crippen LogP contribution in [0.1, 0.15) is 25.3 Å². The maximum Gasteiger partial charge on any atom is 0.264 e. The van der Waals surface area contributed by atoms with Gasteiger partial charge in [0.05, 0.1) is 12.1 Å².